The van der Waals surface area contributed by atoms with Gasteiger partial charge in [-0.05, 0) is 53.9 Å². The maximum atomic E-state index is 12.4. The summed E-state index contributed by atoms with van der Waals surface area (Å²) in [6.07, 6.45) is 0.765. The van der Waals surface area contributed by atoms with Crippen LogP contribution < -0.4 is 20.3 Å². The molecule has 2 heterocycles. The molecule has 0 atom stereocenters. The van der Waals surface area contributed by atoms with Gasteiger partial charge < -0.3 is 9.47 Å². The fourth-order valence-corrected chi connectivity index (χ4v) is 5.45. The van der Waals surface area contributed by atoms with Crippen molar-refractivity contribution in [1.29, 1.82) is 0 Å². The molecule has 0 spiro atoms. The molecule has 4 aromatic rings. The number of aromatic nitrogens is 1. The van der Waals surface area contributed by atoms with Gasteiger partial charge in [-0.3, -0.25) is 20.4 Å². The minimum atomic E-state index is -0.359. The van der Waals surface area contributed by atoms with Gasteiger partial charge in [-0.1, -0.05) is 42.1 Å². The van der Waals surface area contributed by atoms with E-state index in [1.54, 1.807) is 35.2 Å². The van der Waals surface area contributed by atoms with Gasteiger partial charge in [0.05, 0.1) is 10.2 Å². The average Bonchev–Trinajstić information content (AvgIpc) is 3.51. The normalized spacial score (nSPS) is 12.0. The minimum absolute atomic E-state index is 0.217. The maximum absolute atomic E-state index is 12.4. The van der Waals surface area contributed by atoms with Crippen LogP contribution in [0.4, 0.5) is 0 Å². The average molecular weight is 492 g/mol. The van der Waals surface area contributed by atoms with E-state index in [1.165, 1.54) is 4.70 Å². The molecule has 3 aromatic carbocycles. The van der Waals surface area contributed by atoms with Gasteiger partial charge in [0.15, 0.2) is 15.8 Å². The first-order valence-electron chi connectivity index (χ1n) is 10.7. The van der Waals surface area contributed by atoms with Crippen LogP contribution in [-0.4, -0.2) is 23.6 Å². The number of amides is 2. The number of fused-ring (bicyclic) bond motifs is 2. The molecule has 0 aliphatic carbocycles. The molecule has 1 aliphatic heterocycles. The third-order valence-corrected chi connectivity index (χ3v) is 7.50. The van der Waals surface area contributed by atoms with Crippen LogP contribution in [-0.2, 0) is 17.0 Å². The zero-order valence-electron chi connectivity index (χ0n) is 18.1. The van der Waals surface area contributed by atoms with Crippen molar-refractivity contribution >= 4 is 45.1 Å². The number of benzene rings is 3. The first kappa shape index (κ1) is 22.2. The van der Waals surface area contributed by atoms with E-state index in [0.29, 0.717) is 23.5 Å². The monoisotopic (exact) mass is 491 g/mol. The number of para-hydroxylation sites is 1. The van der Waals surface area contributed by atoms with Gasteiger partial charge in [-0.25, -0.2) is 4.98 Å². The summed E-state index contributed by atoms with van der Waals surface area (Å²) in [7, 11) is 0. The Morgan fingerprint density at radius 1 is 0.941 bits per heavy atom. The summed E-state index contributed by atoms with van der Waals surface area (Å²) >= 11 is 3.35. The first-order valence-corrected chi connectivity index (χ1v) is 12.5. The van der Waals surface area contributed by atoms with Crippen LogP contribution in [0.1, 0.15) is 27.9 Å². The topological polar surface area (TPSA) is 89.5 Å². The molecule has 9 heteroatoms. The molecule has 34 heavy (non-hydrogen) atoms. The van der Waals surface area contributed by atoms with Crippen molar-refractivity contribution in [3.05, 3.63) is 83.4 Å². The molecule has 0 saturated heterocycles. The Kier molecular flexibility index (Phi) is 6.64. The number of aryl methyl sites for hydroxylation is 1. The molecule has 2 N–H and O–H groups in total. The Hall–Kier alpha value is -3.56. The molecule has 1 aliphatic rings. The van der Waals surface area contributed by atoms with E-state index in [0.717, 1.165) is 26.7 Å². The largest absolute Gasteiger partial charge is 0.454 e. The van der Waals surface area contributed by atoms with Crippen molar-refractivity contribution in [3.63, 3.8) is 0 Å². The number of hydrogen-bond donors (Lipinski definition) is 2. The van der Waals surface area contributed by atoms with Crippen LogP contribution in [0.25, 0.3) is 10.2 Å². The number of ether oxygens (including phenoxy) is 2. The number of thiazole rings is 1. The van der Waals surface area contributed by atoms with Crippen molar-refractivity contribution in [2.24, 2.45) is 0 Å². The fourth-order valence-electron chi connectivity index (χ4n) is 3.43. The van der Waals surface area contributed by atoms with Crippen molar-refractivity contribution in [3.8, 4) is 11.5 Å². The summed E-state index contributed by atoms with van der Waals surface area (Å²) in [4.78, 5) is 29.1. The molecule has 0 radical (unpaired) electrons. The Morgan fingerprint density at radius 3 is 2.59 bits per heavy atom. The third kappa shape index (κ3) is 5.32. The molecule has 5 rings (SSSR count). The van der Waals surface area contributed by atoms with Gasteiger partial charge >= 0.3 is 0 Å². The van der Waals surface area contributed by atoms with Crippen LogP contribution >= 0.6 is 23.1 Å². The molecular formula is C25H21N3O4S2. The summed E-state index contributed by atoms with van der Waals surface area (Å²) < 4.78 is 12.8. The fraction of sp³-hybridized carbons (Fsp3) is 0.160. The summed E-state index contributed by atoms with van der Waals surface area (Å²) in [5, 5.41) is 0. The van der Waals surface area contributed by atoms with E-state index in [1.807, 2.05) is 48.5 Å². The van der Waals surface area contributed by atoms with Crippen molar-refractivity contribution in [2.75, 3.05) is 6.79 Å². The van der Waals surface area contributed by atoms with Gasteiger partial charge in [-0.2, -0.15) is 0 Å². The summed E-state index contributed by atoms with van der Waals surface area (Å²) in [5.74, 6) is 1.53. The van der Waals surface area contributed by atoms with Gasteiger partial charge in [0, 0.05) is 17.7 Å². The van der Waals surface area contributed by atoms with Gasteiger partial charge in [0.25, 0.3) is 5.91 Å². The summed E-state index contributed by atoms with van der Waals surface area (Å²) in [6, 6.07) is 21.0. The number of hydrogen-bond acceptors (Lipinski definition) is 7. The van der Waals surface area contributed by atoms with Crippen LogP contribution in [0.15, 0.2) is 71.1 Å². The number of rotatable bonds is 7. The number of nitrogens with one attached hydrogen (secondary N) is 2. The Bertz CT molecular complexity index is 1300. The predicted octanol–water partition coefficient (Wildman–Crippen LogP) is 4.71. The highest BCUT2D eigenvalue weighted by molar-refractivity contribution is 8.00. The maximum Gasteiger partial charge on any atom is 0.269 e. The van der Waals surface area contributed by atoms with Crippen LogP contribution in [0, 0.1) is 0 Å². The lowest BCUT2D eigenvalue weighted by atomic mass is 10.1. The van der Waals surface area contributed by atoms with Gasteiger partial charge in [0.1, 0.15) is 0 Å². The van der Waals surface area contributed by atoms with Crippen molar-refractivity contribution in [2.45, 2.75) is 22.9 Å². The molecule has 0 saturated carbocycles. The quantitative estimate of drug-likeness (QED) is 0.287. The highest BCUT2D eigenvalue weighted by Crippen LogP contribution is 2.33. The number of carbonyl (C=O) groups is 2. The summed E-state index contributed by atoms with van der Waals surface area (Å²) in [5.41, 5.74) is 8.49. The second kappa shape index (κ2) is 10.1. The Balaban J connectivity index is 1.07. The highest BCUT2D eigenvalue weighted by Gasteiger charge is 2.14. The van der Waals surface area contributed by atoms with E-state index in [2.05, 4.69) is 21.9 Å². The zero-order chi connectivity index (χ0) is 23.3. The SMILES string of the molecule is O=C(CCc1ccc2c(c1)OCO2)NNC(=O)c1ccc(CSc2nc3ccccc3s2)cc1. The van der Waals surface area contributed by atoms with Crippen molar-refractivity contribution < 1.29 is 19.1 Å². The third-order valence-electron chi connectivity index (χ3n) is 5.25. The van der Waals surface area contributed by atoms with E-state index < -0.39 is 0 Å². The van der Waals surface area contributed by atoms with E-state index >= 15 is 0 Å². The first-order chi connectivity index (χ1) is 16.6. The molecule has 1 aromatic heterocycles. The minimum Gasteiger partial charge on any atom is -0.454 e. The highest BCUT2D eigenvalue weighted by atomic mass is 32.2. The van der Waals surface area contributed by atoms with E-state index in [9.17, 15) is 9.59 Å². The lowest BCUT2D eigenvalue weighted by Gasteiger charge is -2.08. The van der Waals surface area contributed by atoms with Gasteiger partial charge in [0.2, 0.25) is 12.7 Å². The molecular weight excluding hydrogens is 470 g/mol. The smallest absolute Gasteiger partial charge is 0.269 e. The van der Waals surface area contributed by atoms with E-state index in [-0.39, 0.29) is 25.0 Å². The molecule has 172 valence electrons. The molecule has 0 bridgehead atoms. The Morgan fingerprint density at radius 2 is 1.74 bits per heavy atom. The van der Waals surface area contributed by atoms with Crippen LogP contribution in [0.3, 0.4) is 0 Å². The lowest BCUT2D eigenvalue weighted by Crippen LogP contribution is -2.41. The zero-order valence-corrected chi connectivity index (χ0v) is 19.7. The second-order valence-corrected chi connectivity index (χ2v) is 9.88. The Labute approximate surface area is 204 Å². The number of carbonyl (C=O) groups excluding carboxylic acids is 2. The predicted molar refractivity (Wildman–Crippen MR) is 132 cm³/mol. The van der Waals surface area contributed by atoms with Crippen molar-refractivity contribution in [1.82, 2.24) is 15.8 Å². The second-order valence-electron chi connectivity index (χ2n) is 7.62. The van der Waals surface area contributed by atoms with Crippen LogP contribution in [0.5, 0.6) is 11.5 Å². The molecule has 2 amide bonds. The molecule has 0 fully saturated rings. The van der Waals surface area contributed by atoms with Crippen LogP contribution in [0.2, 0.25) is 0 Å². The number of hydrazine groups is 1. The summed E-state index contributed by atoms with van der Waals surface area (Å²) in [6.45, 7) is 0.217. The number of nitrogens with zero attached hydrogens (tertiary/aromatic N) is 1. The number of thioether (sulfide) groups is 1. The van der Waals surface area contributed by atoms with Gasteiger partial charge in [-0.15, -0.1) is 11.3 Å². The lowest BCUT2D eigenvalue weighted by molar-refractivity contribution is -0.121. The molecule has 7 nitrogen and oxygen atoms in total. The molecule has 0 unspecified atom stereocenters. The standard InChI is InChI=1S/C25H21N3O4S2/c29-23(12-8-16-7-11-20-21(13-16)32-15-31-20)27-28-24(30)18-9-5-17(6-10-18)14-33-25-26-19-3-1-2-4-22(19)34-25/h1-7,9-11,13H,8,12,14-15H2,(H,27,29)(H,28,30). The van der Waals surface area contributed by atoms with E-state index in [4.69, 9.17) is 9.47 Å².